The van der Waals surface area contributed by atoms with Crippen molar-refractivity contribution in [3.05, 3.63) is 22.8 Å². The molecule has 0 atom stereocenters. The lowest BCUT2D eigenvalue weighted by Crippen LogP contribution is -1.84. The molecule has 0 aliphatic rings. The van der Waals surface area contributed by atoms with Gasteiger partial charge in [0, 0.05) is 4.88 Å². The van der Waals surface area contributed by atoms with E-state index in [4.69, 9.17) is 0 Å². The summed E-state index contributed by atoms with van der Waals surface area (Å²) in [5, 5.41) is 4.05. The van der Waals surface area contributed by atoms with Crippen molar-refractivity contribution in [3.63, 3.8) is 0 Å². The molecule has 0 saturated carbocycles. The Balaban J connectivity index is 2.72. The molecule has 1 aromatic heterocycles. The highest BCUT2D eigenvalue weighted by molar-refractivity contribution is 7.15. The van der Waals surface area contributed by atoms with Gasteiger partial charge in [-0.05, 0) is 27.0 Å². The maximum atomic E-state index is 4.30. The number of anilines is 1. The van der Waals surface area contributed by atoms with E-state index in [-0.39, 0.29) is 0 Å². The lowest BCUT2D eigenvalue weighted by atomic mass is 10.4. The van der Waals surface area contributed by atoms with E-state index in [9.17, 15) is 0 Å². The first-order chi connectivity index (χ1) is 5.24. The highest BCUT2D eigenvalue weighted by atomic mass is 32.1. The summed E-state index contributed by atoms with van der Waals surface area (Å²) in [6, 6.07) is 0. The Labute approximate surface area is 71.0 Å². The molecule has 0 spiro atoms. The third kappa shape index (κ3) is 2.05. The van der Waals surface area contributed by atoms with Crippen LogP contribution in [0.2, 0.25) is 0 Å². The van der Waals surface area contributed by atoms with Crippen LogP contribution in [0.5, 0.6) is 0 Å². The Morgan fingerprint density at radius 3 is 2.64 bits per heavy atom. The second kappa shape index (κ2) is 3.53. The van der Waals surface area contributed by atoms with Gasteiger partial charge in [0.1, 0.15) is 0 Å². The van der Waals surface area contributed by atoms with Crippen molar-refractivity contribution >= 4 is 16.5 Å². The normalized spacial score (nSPS) is 10.8. The summed E-state index contributed by atoms with van der Waals surface area (Å²) in [5.41, 5.74) is 1.11. The molecule has 1 rings (SSSR count). The van der Waals surface area contributed by atoms with E-state index in [2.05, 4.69) is 17.2 Å². The fraction of sp³-hybridized carbons (Fsp3) is 0.375. The van der Waals surface area contributed by atoms with Crippen LogP contribution in [-0.4, -0.2) is 4.98 Å². The van der Waals surface area contributed by atoms with Crippen molar-refractivity contribution in [3.8, 4) is 0 Å². The number of nitrogens with zero attached hydrogens (tertiary/aromatic N) is 1. The van der Waals surface area contributed by atoms with E-state index in [0.717, 1.165) is 10.8 Å². The molecule has 1 N–H and O–H groups in total. The van der Waals surface area contributed by atoms with Crippen LogP contribution in [0.15, 0.2) is 12.3 Å². The van der Waals surface area contributed by atoms with Crippen molar-refractivity contribution in [1.29, 1.82) is 0 Å². The summed E-state index contributed by atoms with van der Waals surface area (Å²) < 4.78 is 0. The molecule has 0 saturated heterocycles. The number of allylic oxidation sites excluding steroid dienone is 1. The van der Waals surface area contributed by atoms with Gasteiger partial charge in [0.2, 0.25) is 0 Å². The standard InChI is InChI=1S/C8H12N2S/c1-4-5-9-8-10-6(2)7(3)11-8/h4-5H,1-3H3,(H,9,10). The fourth-order valence-electron chi connectivity index (χ4n) is 0.689. The SMILES string of the molecule is CC=CNc1nc(C)c(C)s1. The lowest BCUT2D eigenvalue weighted by Gasteiger charge is -1.89. The molecule has 60 valence electrons. The molecule has 1 aromatic rings. The zero-order chi connectivity index (χ0) is 8.27. The smallest absolute Gasteiger partial charge is 0.187 e. The predicted molar refractivity (Wildman–Crippen MR) is 50.0 cm³/mol. The quantitative estimate of drug-likeness (QED) is 0.734. The highest BCUT2D eigenvalue weighted by Crippen LogP contribution is 2.20. The van der Waals surface area contributed by atoms with Crippen LogP contribution in [0.4, 0.5) is 5.13 Å². The van der Waals surface area contributed by atoms with E-state index in [1.54, 1.807) is 11.3 Å². The average Bonchev–Trinajstić information content (AvgIpc) is 2.28. The van der Waals surface area contributed by atoms with Crippen LogP contribution >= 0.6 is 11.3 Å². The molecular weight excluding hydrogens is 156 g/mol. The molecule has 0 aliphatic carbocycles. The first-order valence-electron chi connectivity index (χ1n) is 3.55. The van der Waals surface area contributed by atoms with Gasteiger partial charge in [-0.1, -0.05) is 6.08 Å². The summed E-state index contributed by atoms with van der Waals surface area (Å²) in [4.78, 5) is 5.58. The van der Waals surface area contributed by atoms with Crippen molar-refractivity contribution in [1.82, 2.24) is 4.98 Å². The number of hydrogen-bond donors (Lipinski definition) is 1. The Hall–Kier alpha value is -0.830. The van der Waals surface area contributed by atoms with Crippen LogP contribution < -0.4 is 5.32 Å². The van der Waals surface area contributed by atoms with Crippen molar-refractivity contribution in [2.24, 2.45) is 0 Å². The lowest BCUT2D eigenvalue weighted by molar-refractivity contribution is 1.23. The average molecular weight is 168 g/mol. The Morgan fingerprint density at radius 1 is 1.45 bits per heavy atom. The molecule has 0 radical (unpaired) electrons. The molecule has 2 nitrogen and oxygen atoms in total. The molecule has 0 aliphatic heterocycles. The van der Waals surface area contributed by atoms with Gasteiger partial charge in [-0.3, -0.25) is 0 Å². The monoisotopic (exact) mass is 168 g/mol. The van der Waals surface area contributed by atoms with Gasteiger partial charge in [0.25, 0.3) is 0 Å². The van der Waals surface area contributed by atoms with Gasteiger partial charge < -0.3 is 5.32 Å². The van der Waals surface area contributed by atoms with Gasteiger partial charge >= 0.3 is 0 Å². The number of nitrogens with one attached hydrogen (secondary N) is 1. The van der Waals surface area contributed by atoms with Crippen LogP contribution in [0.25, 0.3) is 0 Å². The summed E-state index contributed by atoms with van der Waals surface area (Å²) in [6.07, 6.45) is 3.84. The van der Waals surface area contributed by atoms with Gasteiger partial charge in [0.15, 0.2) is 5.13 Å². The van der Waals surface area contributed by atoms with Gasteiger partial charge in [-0.25, -0.2) is 4.98 Å². The largest absolute Gasteiger partial charge is 0.338 e. The molecule has 1 heterocycles. The molecule has 11 heavy (non-hydrogen) atoms. The number of aromatic nitrogens is 1. The van der Waals surface area contributed by atoms with E-state index in [0.29, 0.717) is 0 Å². The molecule has 3 heteroatoms. The molecular formula is C8H12N2S. The van der Waals surface area contributed by atoms with Crippen molar-refractivity contribution in [2.45, 2.75) is 20.8 Å². The zero-order valence-electron chi connectivity index (χ0n) is 7.01. The molecule has 0 fully saturated rings. The summed E-state index contributed by atoms with van der Waals surface area (Å²) >= 11 is 1.68. The van der Waals surface area contributed by atoms with Gasteiger partial charge in [0.05, 0.1) is 5.69 Å². The maximum Gasteiger partial charge on any atom is 0.187 e. The first kappa shape index (κ1) is 8.27. The topological polar surface area (TPSA) is 24.9 Å². The Bertz CT molecular complexity index is 244. The van der Waals surface area contributed by atoms with Gasteiger partial charge in [-0.15, -0.1) is 11.3 Å². The highest BCUT2D eigenvalue weighted by Gasteiger charge is 1.99. The fourth-order valence-corrected chi connectivity index (χ4v) is 1.48. The first-order valence-corrected chi connectivity index (χ1v) is 4.37. The number of aryl methyl sites for hydroxylation is 2. The summed E-state index contributed by atoms with van der Waals surface area (Å²) in [6.45, 7) is 6.07. The Morgan fingerprint density at radius 2 is 2.18 bits per heavy atom. The summed E-state index contributed by atoms with van der Waals surface area (Å²) in [5.74, 6) is 0. The zero-order valence-corrected chi connectivity index (χ0v) is 7.83. The Kier molecular flexibility index (Phi) is 2.65. The second-order valence-electron chi connectivity index (χ2n) is 2.30. The number of hydrogen-bond acceptors (Lipinski definition) is 3. The van der Waals surface area contributed by atoms with Crippen LogP contribution in [0.3, 0.4) is 0 Å². The molecule has 0 unspecified atom stereocenters. The van der Waals surface area contributed by atoms with Crippen molar-refractivity contribution in [2.75, 3.05) is 5.32 Å². The van der Waals surface area contributed by atoms with E-state index >= 15 is 0 Å². The van der Waals surface area contributed by atoms with Crippen LogP contribution in [-0.2, 0) is 0 Å². The predicted octanol–water partition coefficient (Wildman–Crippen LogP) is 2.71. The van der Waals surface area contributed by atoms with Crippen LogP contribution in [0, 0.1) is 13.8 Å². The third-order valence-corrected chi connectivity index (χ3v) is 2.41. The van der Waals surface area contributed by atoms with Gasteiger partial charge in [-0.2, -0.15) is 0 Å². The maximum absolute atomic E-state index is 4.30. The van der Waals surface area contributed by atoms with Crippen molar-refractivity contribution < 1.29 is 0 Å². The molecule has 0 bridgehead atoms. The van der Waals surface area contributed by atoms with Crippen LogP contribution in [0.1, 0.15) is 17.5 Å². The number of rotatable bonds is 2. The minimum Gasteiger partial charge on any atom is -0.338 e. The van der Waals surface area contributed by atoms with E-state index < -0.39 is 0 Å². The van der Waals surface area contributed by atoms with E-state index in [1.165, 1.54) is 4.88 Å². The minimum absolute atomic E-state index is 0.970. The second-order valence-corrected chi connectivity index (χ2v) is 3.51. The third-order valence-electron chi connectivity index (χ3n) is 1.40. The molecule has 0 amide bonds. The minimum atomic E-state index is 0.970. The number of thiazole rings is 1. The summed E-state index contributed by atoms with van der Waals surface area (Å²) in [7, 11) is 0. The molecule has 0 aromatic carbocycles. The van der Waals surface area contributed by atoms with E-state index in [1.807, 2.05) is 26.1 Å².